The molecule has 1 amide bonds. The van der Waals surface area contributed by atoms with Gasteiger partial charge in [0.2, 0.25) is 5.91 Å². The van der Waals surface area contributed by atoms with Gasteiger partial charge in [0.1, 0.15) is 0 Å². The van der Waals surface area contributed by atoms with E-state index in [1.807, 2.05) is 0 Å². The maximum Gasteiger partial charge on any atom is 0.236 e. The second-order valence-corrected chi connectivity index (χ2v) is 6.60. The van der Waals surface area contributed by atoms with E-state index in [1.54, 1.807) is 11.8 Å². The molecule has 0 spiro atoms. The van der Waals surface area contributed by atoms with Crippen molar-refractivity contribution < 1.29 is 4.79 Å². The van der Waals surface area contributed by atoms with Gasteiger partial charge in [0.05, 0.1) is 5.25 Å². The van der Waals surface area contributed by atoms with Crippen LogP contribution in [0.2, 0.25) is 0 Å². The molecule has 0 aromatic heterocycles. The maximum atomic E-state index is 12.7. The van der Waals surface area contributed by atoms with Gasteiger partial charge < -0.3 is 10.2 Å². The molecule has 18 heavy (non-hydrogen) atoms. The minimum atomic E-state index is 0.188. The van der Waals surface area contributed by atoms with E-state index in [0.29, 0.717) is 17.9 Å². The highest BCUT2D eigenvalue weighted by Gasteiger charge is 2.34. The second-order valence-electron chi connectivity index (χ2n) is 5.62. The standard InChI is InChI=1S/C14H26N2OS/c1-11-5-3-4-10-16(11)14(17)13(18-2)12-6-8-15-9-7-12/h11-13,15H,3-10H2,1-2H3. The predicted molar refractivity (Wildman–Crippen MR) is 77.9 cm³/mol. The fourth-order valence-corrected chi connectivity index (χ4v) is 4.22. The Balaban J connectivity index is 1.99. The van der Waals surface area contributed by atoms with Gasteiger partial charge in [0.25, 0.3) is 0 Å². The zero-order chi connectivity index (χ0) is 13.0. The summed E-state index contributed by atoms with van der Waals surface area (Å²) >= 11 is 1.76. The Morgan fingerprint density at radius 2 is 2.00 bits per heavy atom. The van der Waals surface area contributed by atoms with Gasteiger partial charge in [-0.05, 0) is 64.3 Å². The first-order chi connectivity index (χ1) is 8.74. The Morgan fingerprint density at radius 3 is 2.61 bits per heavy atom. The van der Waals surface area contributed by atoms with E-state index in [1.165, 1.54) is 19.3 Å². The van der Waals surface area contributed by atoms with Crippen LogP contribution in [0, 0.1) is 5.92 Å². The zero-order valence-corrected chi connectivity index (χ0v) is 12.5. The third-order valence-corrected chi connectivity index (χ3v) is 5.49. The summed E-state index contributed by atoms with van der Waals surface area (Å²) in [5, 5.41) is 3.57. The molecule has 2 atom stereocenters. The Kier molecular flexibility index (Phi) is 5.37. The average Bonchev–Trinajstić information content (AvgIpc) is 2.41. The van der Waals surface area contributed by atoms with Gasteiger partial charge in [-0.3, -0.25) is 4.79 Å². The summed E-state index contributed by atoms with van der Waals surface area (Å²) in [6, 6.07) is 0.447. The molecule has 0 bridgehead atoms. The minimum absolute atomic E-state index is 0.188. The van der Waals surface area contributed by atoms with Gasteiger partial charge in [-0.25, -0.2) is 0 Å². The van der Waals surface area contributed by atoms with Crippen molar-refractivity contribution >= 4 is 17.7 Å². The fraction of sp³-hybridized carbons (Fsp3) is 0.929. The summed E-state index contributed by atoms with van der Waals surface area (Å²) in [6.07, 6.45) is 8.04. The molecular formula is C14H26N2OS. The maximum absolute atomic E-state index is 12.7. The molecule has 104 valence electrons. The van der Waals surface area contributed by atoms with Crippen molar-refractivity contribution in [3.05, 3.63) is 0 Å². The van der Waals surface area contributed by atoms with Crippen LogP contribution in [-0.4, -0.2) is 48.0 Å². The number of carbonyl (C=O) groups is 1. The predicted octanol–water partition coefficient (Wildman–Crippen LogP) is 2.12. The van der Waals surface area contributed by atoms with Crippen molar-refractivity contribution in [2.45, 2.75) is 50.3 Å². The number of amides is 1. The summed E-state index contributed by atoms with van der Waals surface area (Å²) in [6.45, 7) is 5.33. The summed E-state index contributed by atoms with van der Waals surface area (Å²) in [7, 11) is 0. The number of carbonyl (C=O) groups excluding carboxylic acids is 1. The minimum Gasteiger partial charge on any atom is -0.339 e. The smallest absolute Gasteiger partial charge is 0.236 e. The highest BCUT2D eigenvalue weighted by molar-refractivity contribution is 7.99. The number of likely N-dealkylation sites (tertiary alicyclic amines) is 1. The van der Waals surface area contributed by atoms with Crippen LogP contribution in [0.25, 0.3) is 0 Å². The van der Waals surface area contributed by atoms with Crippen molar-refractivity contribution in [2.24, 2.45) is 5.92 Å². The lowest BCUT2D eigenvalue weighted by atomic mass is 9.92. The lowest BCUT2D eigenvalue weighted by molar-refractivity contribution is -0.134. The first kappa shape index (κ1) is 14.2. The third-order valence-electron chi connectivity index (χ3n) is 4.40. The molecule has 4 heteroatoms. The normalized spacial score (nSPS) is 28.1. The molecule has 2 unspecified atom stereocenters. The van der Waals surface area contributed by atoms with Gasteiger partial charge in [0, 0.05) is 12.6 Å². The van der Waals surface area contributed by atoms with Crippen molar-refractivity contribution in [3.8, 4) is 0 Å². The number of rotatable bonds is 3. The molecule has 0 aliphatic carbocycles. The summed E-state index contributed by atoms with van der Waals surface area (Å²) in [5.41, 5.74) is 0. The topological polar surface area (TPSA) is 32.3 Å². The largest absolute Gasteiger partial charge is 0.339 e. The van der Waals surface area contributed by atoms with E-state index >= 15 is 0 Å². The summed E-state index contributed by atoms with van der Waals surface area (Å²) < 4.78 is 0. The van der Waals surface area contributed by atoms with Crippen LogP contribution in [-0.2, 0) is 4.79 Å². The lowest BCUT2D eigenvalue weighted by Crippen LogP contribution is -2.49. The van der Waals surface area contributed by atoms with Gasteiger partial charge >= 0.3 is 0 Å². The zero-order valence-electron chi connectivity index (χ0n) is 11.7. The molecule has 2 saturated heterocycles. The highest BCUT2D eigenvalue weighted by Crippen LogP contribution is 2.29. The summed E-state index contributed by atoms with van der Waals surface area (Å²) in [5.74, 6) is 0.976. The Hall–Kier alpha value is -0.220. The molecule has 0 radical (unpaired) electrons. The first-order valence-electron chi connectivity index (χ1n) is 7.28. The molecule has 0 saturated carbocycles. The molecule has 3 nitrogen and oxygen atoms in total. The van der Waals surface area contributed by atoms with Crippen LogP contribution in [0.15, 0.2) is 0 Å². The molecule has 2 fully saturated rings. The molecule has 0 aromatic carbocycles. The molecule has 2 aliphatic rings. The molecular weight excluding hydrogens is 244 g/mol. The van der Waals surface area contributed by atoms with Gasteiger partial charge in [-0.2, -0.15) is 11.8 Å². The van der Waals surface area contributed by atoms with Crippen LogP contribution < -0.4 is 5.32 Å². The average molecular weight is 270 g/mol. The van der Waals surface area contributed by atoms with Gasteiger partial charge in [-0.1, -0.05) is 0 Å². The molecule has 2 heterocycles. The number of hydrogen-bond acceptors (Lipinski definition) is 3. The van der Waals surface area contributed by atoms with Crippen LogP contribution >= 0.6 is 11.8 Å². The number of nitrogens with zero attached hydrogens (tertiary/aromatic N) is 1. The monoisotopic (exact) mass is 270 g/mol. The Bertz CT molecular complexity index is 279. The van der Waals surface area contributed by atoms with Crippen LogP contribution in [0.4, 0.5) is 0 Å². The van der Waals surface area contributed by atoms with Crippen molar-refractivity contribution in [1.29, 1.82) is 0 Å². The van der Waals surface area contributed by atoms with E-state index in [0.717, 1.165) is 32.5 Å². The van der Waals surface area contributed by atoms with Crippen LogP contribution in [0.1, 0.15) is 39.0 Å². The Morgan fingerprint density at radius 1 is 1.28 bits per heavy atom. The quantitative estimate of drug-likeness (QED) is 0.852. The molecule has 0 aromatic rings. The molecule has 2 rings (SSSR count). The van der Waals surface area contributed by atoms with Crippen LogP contribution in [0.5, 0.6) is 0 Å². The van der Waals surface area contributed by atoms with Crippen LogP contribution in [0.3, 0.4) is 0 Å². The number of piperidine rings is 2. The first-order valence-corrected chi connectivity index (χ1v) is 8.57. The van der Waals surface area contributed by atoms with E-state index in [-0.39, 0.29) is 5.25 Å². The molecule has 1 N–H and O–H groups in total. The van der Waals surface area contributed by atoms with Crippen molar-refractivity contribution in [3.63, 3.8) is 0 Å². The van der Waals surface area contributed by atoms with Gasteiger partial charge in [-0.15, -0.1) is 0 Å². The van der Waals surface area contributed by atoms with E-state index in [2.05, 4.69) is 23.4 Å². The SMILES string of the molecule is CSC(C(=O)N1CCCCC1C)C1CCNCC1. The number of nitrogens with one attached hydrogen (secondary N) is 1. The highest BCUT2D eigenvalue weighted by atomic mass is 32.2. The van der Waals surface area contributed by atoms with E-state index < -0.39 is 0 Å². The second kappa shape index (κ2) is 6.80. The van der Waals surface area contributed by atoms with Crippen molar-refractivity contribution in [2.75, 3.05) is 25.9 Å². The third kappa shape index (κ3) is 3.21. The van der Waals surface area contributed by atoms with E-state index in [9.17, 15) is 4.79 Å². The number of hydrogen-bond donors (Lipinski definition) is 1. The van der Waals surface area contributed by atoms with Crippen molar-refractivity contribution in [1.82, 2.24) is 10.2 Å². The Labute approximate surface area is 115 Å². The lowest BCUT2D eigenvalue weighted by Gasteiger charge is -2.38. The number of thioether (sulfide) groups is 1. The molecule has 2 aliphatic heterocycles. The fourth-order valence-electron chi connectivity index (χ4n) is 3.23. The summed E-state index contributed by atoms with van der Waals surface area (Å²) in [4.78, 5) is 14.9. The van der Waals surface area contributed by atoms with E-state index in [4.69, 9.17) is 0 Å². The van der Waals surface area contributed by atoms with Gasteiger partial charge in [0.15, 0.2) is 0 Å².